The van der Waals surface area contributed by atoms with Gasteiger partial charge >= 0.3 is 0 Å². The van der Waals surface area contributed by atoms with Gasteiger partial charge < -0.3 is 19.8 Å². The van der Waals surface area contributed by atoms with E-state index < -0.39 is 0 Å². The minimum absolute atomic E-state index is 0.274. The lowest BCUT2D eigenvalue weighted by molar-refractivity contribution is 0.613. The Morgan fingerprint density at radius 3 is 2.57 bits per heavy atom. The summed E-state index contributed by atoms with van der Waals surface area (Å²) in [5, 5.41) is 6.82. The van der Waals surface area contributed by atoms with Crippen molar-refractivity contribution in [2.24, 2.45) is 0 Å². The van der Waals surface area contributed by atoms with Crippen molar-refractivity contribution in [2.75, 3.05) is 10.6 Å². The minimum Gasteiger partial charge on any atom is -0.365 e. The fraction of sp³-hybridized carbons (Fsp3) is 0.300. The maximum Gasteiger partial charge on any atom is 0.231 e. The Hall–Kier alpha value is -3.42. The highest BCUT2D eigenvalue weighted by Gasteiger charge is 2.24. The van der Waals surface area contributed by atoms with Gasteiger partial charge in [-0.3, -0.25) is 0 Å². The molecule has 0 amide bonds. The topological polar surface area (TPSA) is 85.5 Å². The van der Waals surface area contributed by atoms with Gasteiger partial charge in [-0.05, 0) is 51.0 Å². The molecule has 2 N–H and O–H groups in total. The minimum atomic E-state index is 0.274. The van der Waals surface area contributed by atoms with Gasteiger partial charge in [0.25, 0.3) is 0 Å². The van der Waals surface area contributed by atoms with E-state index in [4.69, 9.17) is 9.97 Å². The van der Waals surface area contributed by atoms with Crippen LogP contribution < -0.4 is 10.6 Å². The fourth-order valence-electron chi connectivity index (χ4n) is 3.13. The summed E-state index contributed by atoms with van der Waals surface area (Å²) in [5.41, 5.74) is 3.64. The molecule has 0 saturated heterocycles. The summed E-state index contributed by atoms with van der Waals surface area (Å²) >= 11 is 0. The predicted octanol–water partition coefficient (Wildman–Crippen LogP) is 3.91. The molecule has 8 heteroatoms. The van der Waals surface area contributed by atoms with Crippen LogP contribution in [0.5, 0.6) is 0 Å². The zero-order valence-corrected chi connectivity index (χ0v) is 15.9. The van der Waals surface area contributed by atoms with Crippen LogP contribution in [-0.4, -0.2) is 35.1 Å². The molecule has 1 aliphatic carbocycles. The first-order valence-electron chi connectivity index (χ1n) is 9.54. The summed E-state index contributed by atoms with van der Waals surface area (Å²) in [6.07, 6.45) is 9.65. The van der Waals surface area contributed by atoms with Crippen LogP contribution in [0, 0.1) is 0 Å². The van der Waals surface area contributed by atoms with E-state index in [-0.39, 0.29) is 6.04 Å². The van der Waals surface area contributed by atoms with Gasteiger partial charge in [-0.15, -0.1) is 0 Å². The van der Waals surface area contributed by atoms with E-state index in [0.29, 0.717) is 12.0 Å². The lowest BCUT2D eigenvalue weighted by Gasteiger charge is -2.12. The first-order chi connectivity index (χ1) is 13.7. The second-order valence-corrected chi connectivity index (χ2v) is 7.37. The van der Waals surface area contributed by atoms with Crippen molar-refractivity contribution in [3.63, 3.8) is 0 Å². The number of nitrogens with zero attached hydrogens (tertiary/aromatic N) is 6. The van der Waals surface area contributed by atoms with Gasteiger partial charge in [0.2, 0.25) is 5.95 Å². The van der Waals surface area contributed by atoms with E-state index >= 15 is 0 Å². The number of fused-ring (bicyclic) bond motifs is 1. The third kappa shape index (κ3) is 3.17. The van der Waals surface area contributed by atoms with E-state index in [0.717, 1.165) is 28.4 Å². The van der Waals surface area contributed by atoms with Gasteiger partial charge in [-0.2, -0.15) is 9.97 Å². The molecule has 3 aromatic heterocycles. The van der Waals surface area contributed by atoms with E-state index in [1.807, 2.05) is 41.4 Å². The Labute approximate surface area is 162 Å². The molecule has 0 radical (unpaired) electrons. The number of hydrogen-bond donors (Lipinski definition) is 2. The van der Waals surface area contributed by atoms with E-state index in [2.05, 4.69) is 39.0 Å². The molecule has 5 rings (SSSR count). The molecule has 0 atom stereocenters. The molecule has 1 aliphatic rings. The van der Waals surface area contributed by atoms with Crippen LogP contribution in [0.15, 0.2) is 49.3 Å². The highest BCUT2D eigenvalue weighted by Crippen LogP contribution is 2.29. The van der Waals surface area contributed by atoms with Gasteiger partial charge in [0, 0.05) is 35.9 Å². The van der Waals surface area contributed by atoms with Crippen molar-refractivity contribution >= 4 is 28.6 Å². The van der Waals surface area contributed by atoms with Crippen molar-refractivity contribution in [3.8, 4) is 5.69 Å². The van der Waals surface area contributed by atoms with Gasteiger partial charge in [0.15, 0.2) is 17.0 Å². The Bertz CT molecular complexity index is 1090. The molecule has 0 spiro atoms. The Kier molecular flexibility index (Phi) is 3.96. The second kappa shape index (κ2) is 6.63. The standard InChI is InChI=1S/C20H22N8/c1-13(2)28-12-22-17-18(23-14-3-4-14)25-20(26-19(17)28)24-15-5-7-16(8-6-15)27-10-9-21-11-27/h5-14H,3-4H2,1-2H3,(H2,23,24,25,26). The van der Waals surface area contributed by atoms with E-state index in [1.165, 1.54) is 12.8 Å². The van der Waals surface area contributed by atoms with Crippen LogP contribution in [0.3, 0.4) is 0 Å². The number of nitrogens with one attached hydrogen (secondary N) is 2. The molecule has 0 bridgehead atoms. The maximum absolute atomic E-state index is 4.74. The molecular formula is C20H22N8. The van der Waals surface area contributed by atoms with Crippen molar-refractivity contribution in [1.82, 2.24) is 29.1 Å². The average molecular weight is 374 g/mol. The van der Waals surface area contributed by atoms with Gasteiger partial charge in [-0.1, -0.05) is 0 Å². The normalized spacial score (nSPS) is 14.0. The summed E-state index contributed by atoms with van der Waals surface area (Å²) < 4.78 is 4.04. The monoisotopic (exact) mass is 374 g/mol. The van der Waals surface area contributed by atoms with E-state index in [9.17, 15) is 0 Å². The van der Waals surface area contributed by atoms with Crippen molar-refractivity contribution in [1.29, 1.82) is 0 Å². The lowest BCUT2D eigenvalue weighted by Crippen LogP contribution is -2.08. The predicted molar refractivity (Wildman–Crippen MR) is 109 cm³/mol. The first-order valence-corrected chi connectivity index (χ1v) is 9.54. The van der Waals surface area contributed by atoms with Crippen molar-refractivity contribution < 1.29 is 0 Å². The number of imidazole rings is 2. The van der Waals surface area contributed by atoms with Gasteiger partial charge in [-0.25, -0.2) is 9.97 Å². The largest absolute Gasteiger partial charge is 0.365 e. The Balaban J connectivity index is 1.48. The van der Waals surface area contributed by atoms with Crippen LogP contribution in [0.4, 0.5) is 17.5 Å². The maximum atomic E-state index is 4.74. The average Bonchev–Trinajstić information content (AvgIpc) is 3.17. The Morgan fingerprint density at radius 2 is 1.89 bits per heavy atom. The highest BCUT2D eigenvalue weighted by atomic mass is 15.2. The number of benzene rings is 1. The number of rotatable bonds is 6. The summed E-state index contributed by atoms with van der Waals surface area (Å²) in [4.78, 5) is 18.1. The number of anilines is 3. The zero-order valence-electron chi connectivity index (χ0n) is 15.9. The molecular weight excluding hydrogens is 352 g/mol. The lowest BCUT2D eigenvalue weighted by atomic mass is 10.3. The SMILES string of the molecule is CC(C)n1cnc2c(NC3CC3)nc(Nc3ccc(-n4ccnc4)cc3)nc21. The van der Waals surface area contributed by atoms with Crippen LogP contribution >= 0.6 is 0 Å². The molecule has 1 saturated carbocycles. The zero-order chi connectivity index (χ0) is 19.1. The summed E-state index contributed by atoms with van der Waals surface area (Å²) in [6, 6.07) is 8.85. The molecule has 3 heterocycles. The number of hydrogen-bond acceptors (Lipinski definition) is 6. The Morgan fingerprint density at radius 1 is 1.07 bits per heavy atom. The molecule has 0 aliphatic heterocycles. The second-order valence-electron chi connectivity index (χ2n) is 7.37. The molecule has 142 valence electrons. The summed E-state index contributed by atoms with van der Waals surface area (Å²) in [7, 11) is 0. The van der Waals surface area contributed by atoms with Crippen molar-refractivity contribution in [3.05, 3.63) is 49.3 Å². The van der Waals surface area contributed by atoms with Crippen LogP contribution in [-0.2, 0) is 0 Å². The smallest absolute Gasteiger partial charge is 0.231 e. The van der Waals surface area contributed by atoms with Crippen molar-refractivity contribution in [2.45, 2.75) is 38.8 Å². The fourth-order valence-corrected chi connectivity index (χ4v) is 3.13. The van der Waals surface area contributed by atoms with E-state index in [1.54, 1.807) is 12.5 Å². The van der Waals surface area contributed by atoms with Crippen LogP contribution in [0.2, 0.25) is 0 Å². The summed E-state index contributed by atoms with van der Waals surface area (Å²) in [6.45, 7) is 4.25. The molecule has 28 heavy (non-hydrogen) atoms. The first kappa shape index (κ1) is 16.7. The molecule has 0 unspecified atom stereocenters. The van der Waals surface area contributed by atoms with Crippen LogP contribution in [0.1, 0.15) is 32.7 Å². The highest BCUT2D eigenvalue weighted by molar-refractivity contribution is 5.85. The third-order valence-corrected chi connectivity index (χ3v) is 4.82. The van der Waals surface area contributed by atoms with Gasteiger partial charge in [0.05, 0.1) is 12.7 Å². The molecule has 8 nitrogen and oxygen atoms in total. The summed E-state index contributed by atoms with van der Waals surface area (Å²) in [5.74, 6) is 1.36. The van der Waals surface area contributed by atoms with Crippen LogP contribution in [0.25, 0.3) is 16.9 Å². The third-order valence-electron chi connectivity index (χ3n) is 4.82. The quantitative estimate of drug-likeness (QED) is 0.532. The molecule has 4 aromatic rings. The number of aromatic nitrogens is 6. The molecule has 1 aromatic carbocycles. The molecule has 1 fully saturated rings. The van der Waals surface area contributed by atoms with Gasteiger partial charge in [0.1, 0.15) is 0 Å².